The Labute approximate surface area is 216 Å². The van der Waals surface area contributed by atoms with E-state index in [0.717, 1.165) is 16.7 Å². The molecule has 0 spiro atoms. The lowest BCUT2D eigenvalue weighted by atomic mass is 9.73. The van der Waals surface area contributed by atoms with E-state index in [4.69, 9.17) is 11.6 Å². The number of nitrogens with zero attached hydrogens (tertiary/aromatic N) is 2. The second kappa shape index (κ2) is 10.6. The van der Waals surface area contributed by atoms with Crippen LogP contribution in [0.1, 0.15) is 48.4 Å². The summed E-state index contributed by atoms with van der Waals surface area (Å²) in [6, 6.07) is 19.7. The lowest BCUT2D eigenvalue weighted by Crippen LogP contribution is -2.15. The minimum atomic E-state index is 0.481. The average Bonchev–Trinajstić information content (AvgIpc) is 3.38. The SMILES string of the molecule is C=C(C)/C=C/c1ccc(/C(=C(\c2ccncc2Cl)C2CCC2)c2ccc(-c3cncs3)cc2)cc1. The number of hydrogen-bond acceptors (Lipinski definition) is 3. The van der Waals surface area contributed by atoms with Gasteiger partial charge >= 0.3 is 0 Å². The molecule has 174 valence electrons. The maximum atomic E-state index is 6.73. The highest BCUT2D eigenvalue weighted by molar-refractivity contribution is 7.13. The molecule has 0 atom stereocenters. The van der Waals surface area contributed by atoms with Gasteiger partial charge in [0.2, 0.25) is 0 Å². The van der Waals surface area contributed by atoms with E-state index in [1.54, 1.807) is 17.5 Å². The minimum Gasteiger partial charge on any atom is -0.263 e. The minimum absolute atomic E-state index is 0.481. The smallest absolute Gasteiger partial charge is 0.0797 e. The van der Waals surface area contributed by atoms with Gasteiger partial charge in [0.15, 0.2) is 0 Å². The predicted octanol–water partition coefficient (Wildman–Crippen LogP) is 9.21. The molecule has 0 N–H and O–H groups in total. The number of allylic oxidation sites excluding steroid dienone is 3. The van der Waals surface area contributed by atoms with Crippen LogP contribution in [0.4, 0.5) is 0 Å². The van der Waals surface area contributed by atoms with E-state index in [9.17, 15) is 0 Å². The van der Waals surface area contributed by atoms with Crippen LogP contribution in [-0.2, 0) is 0 Å². The van der Waals surface area contributed by atoms with Crippen molar-refractivity contribution in [2.75, 3.05) is 0 Å². The highest BCUT2D eigenvalue weighted by Crippen LogP contribution is 2.46. The fourth-order valence-corrected chi connectivity index (χ4v) is 5.34. The Hall–Kier alpha value is -3.27. The molecule has 35 heavy (non-hydrogen) atoms. The first-order chi connectivity index (χ1) is 17.1. The van der Waals surface area contributed by atoms with Gasteiger partial charge in [0.25, 0.3) is 0 Å². The van der Waals surface area contributed by atoms with E-state index in [2.05, 4.69) is 77.2 Å². The van der Waals surface area contributed by atoms with Gasteiger partial charge in [0.05, 0.1) is 15.4 Å². The third kappa shape index (κ3) is 5.22. The van der Waals surface area contributed by atoms with Crippen LogP contribution in [0, 0.1) is 5.92 Å². The number of thiazole rings is 1. The molecule has 0 radical (unpaired) electrons. The molecule has 1 saturated carbocycles. The monoisotopic (exact) mass is 494 g/mol. The van der Waals surface area contributed by atoms with E-state index in [0.29, 0.717) is 10.9 Å². The van der Waals surface area contributed by atoms with Gasteiger partial charge in [-0.1, -0.05) is 90.9 Å². The summed E-state index contributed by atoms with van der Waals surface area (Å²) >= 11 is 8.39. The van der Waals surface area contributed by atoms with Gasteiger partial charge < -0.3 is 0 Å². The van der Waals surface area contributed by atoms with Crippen molar-refractivity contribution in [1.29, 1.82) is 0 Å². The first-order valence-corrected chi connectivity index (χ1v) is 13.1. The van der Waals surface area contributed by atoms with Crippen LogP contribution in [0.3, 0.4) is 0 Å². The van der Waals surface area contributed by atoms with Crippen LogP contribution < -0.4 is 0 Å². The Kier molecular flexibility index (Phi) is 7.08. The van der Waals surface area contributed by atoms with Gasteiger partial charge in [-0.15, -0.1) is 11.3 Å². The Morgan fingerprint density at radius 2 is 1.69 bits per heavy atom. The molecule has 4 heteroatoms. The van der Waals surface area contributed by atoms with Crippen molar-refractivity contribution >= 4 is 40.2 Å². The van der Waals surface area contributed by atoms with E-state index in [1.807, 2.05) is 30.9 Å². The molecule has 1 aliphatic carbocycles. The van der Waals surface area contributed by atoms with Crippen LogP contribution in [0.25, 0.3) is 27.7 Å². The molecular formula is C31H27ClN2S. The van der Waals surface area contributed by atoms with E-state index >= 15 is 0 Å². The Morgan fingerprint density at radius 1 is 0.971 bits per heavy atom. The molecule has 2 nitrogen and oxygen atoms in total. The maximum absolute atomic E-state index is 6.73. The highest BCUT2D eigenvalue weighted by atomic mass is 35.5. The van der Waals surface area contributed by atoms with Crippen LogP contribution >= 0.6 is 22.9 Å². The van der Waals surface area contributed by atoms with E-state index < -0.39 is 0 Å². The Bertz CT molecular complexity index is 1380. The van der Waals surface area contributed by atoms with Gasteiger partial charge in [-0.3, -0.25) is 9.97 Å². The summed E-state index contributed by atoms with van der Waals surface area (Å²) in [4.78, 5) is 9.66. The molecule has 2 heterocycles. The first kappa shape index (κ1) is 23.5. The van der Waals surface area contributed by atoms with E-state index in [-0.39, 0.29) is 0 Å². The molecule has 0 bridgehead atoms. The third-order valence-corrected chi connectivity index (χ3v) is 7.62. The molecule has 0 aliphatic heterocycles. The molecular weight excluding hydrogens is 468 g/mol. The molecule has 0 amide bonds. The molecule has 2 aromatic heterocycles. The average molecular weight is 495 g/mol. The number of hydrogen-bond donors (Lipinski definition) is 0. The Balaban J connectivity index is 1.68. The van der Waals surface area contributed by atoms with Crippen LogP contribution in [0.15, 0.2) is 96.9 Å². The van der Waals surface area contributed by atoms with Crippen molar-refractivity contribution in [3.8, 4) is 10.4 Å². The molecule has 1 aliphatic rings. The van der Waals surface area contributed by atoms with Crippen LogP contribution in [0.2, 0.25) is 5.02 Å². The zero-order valence-corrected chi connectivity index (χ0v) is 21.3. The summed E-state index contributed by atoms with van der Waals surface area (Å²) < 4.78 is 0. The first-order valence-electron chi connectivity index (χ1n) is 11.9. The van der Waals surface area contributed by atoms with Crippen LogP contribution in [-0.4, -0.2) is 9.97 Å². The molecule has 1 fully saturated rings. The van der Waals surface area contributed by atoms with Crippen molar-refractivity contribution in [1.82, 2.24) is 9.97 Å². The van der Waals surface area contributed by atoms with Gasteiger partial charge in [-0.25, -0.2) is 0 Å². The summed E-state index contributed by atoms with van der Waals surface area (Å²) in [5.41, 5.74) is 11.3. The molecule has 0 unspecified atom stereocenters. The zero-order valence-electron chi connectivity index (χ0n) is 19.7. The number of pyridine rings is 1. The van der Waals surface area contributed by atoms with Gasteiger partial charge in [0.1, 0.15) is 0 Å². The number of halogens is 1. The molecule has 5 rings (SSSR count). The second-order valence-electron chi connectivity index (χ2n) is 9.02. The van der Waals surface area contributed by atoms with E-state index in [1.165, 1.54) is 52.0 Å². The number of rotatable bonds is 7. The summed E-state index contributed by atoms with van der Waals surface area (Å²) in [5, 5.41) is 0.703. The number of benzene rings is 2. The molecule has 4 aromatic rings. The standard InChI is InChI=1S/C31H27ClN2S/c1-21(2)6-7-22-8-10-25(11-9-22)30(26-14-12-23(13-15-26)29-19-34-20-35-29)31(24-4-3-5-24)27-16-17-33-18-28(27)32/h6-20,24H,1,3-5H2,2H3/b7-6+,31-30+. The summed E-state index contributed by atoms with van der Waals surface area (Å²) in [5.74, 6) is 0.481. The van der Waals surface area contributed by atoms with Crippen molar-refractivity contribution in [3.63, 3.8) is 0 Å². The summed E-state index contributed by atoms with van der Waals surface area (Å²) in [7, 11) is 0. The maximum Gasteiger partial charge on any atom is 0.0797 e. The summed E-state index contributed by atoms with van der Waals surface area (Å²) in [6.07, 6.45) is 13.3. The fourth-order valence-electron chi connectivity index (χ4n) is 4.49. The van der Waals surface area contributed by atoms with Crippen LogP contribution in [0.5, 0.6) is 0 Å². The van der Waals surface area contributed by atoms with Crippen molar-refractivity contribution in [3.05, 3.63) is 124 Å². The predicted molar refractivity (Wildman–Crippen MR) is 150 cm³/mol. The van der Waals surface area contributed by atoms with Crippen molar-refractivity contribution < 1.29 is 0 Å². The second-order valence-corrected chi connectivity index (χ2v) is 10.3. The lowest BCUT2D eigenvalue weighted by Gasteiger charge is -2.32. The lowest BCUT2D eigenvalue weighted by molar-refractivity contribution is 0.401. The summed E-state index contributed by atoms with van der Waals surface area (Å²) in [6.45, 7) is 5.97. The van der Waals surface area contributed by atoms with Crippen molar-refractivity contribution in [2.45, 2.75) is 26.2 Å². The van der Waals surface area contributed by atoms with Gasteiger partial charge in [-0.05, 0) is 65.1 Å². The highest BCUT2D eigenvalue weighted by Gasteiger charge is 2.28. The number of aromatic nitrogens is 2. The quantitative estimate of drug-likeness (QED) is 0.239. The van der Waals surface area contributed by atoms with Gasteiger partial charge in [-0.2, -0.15) is 0 Å². The zero-order chi connectivity index (χ0) is 24.2. The fraction of sp³-hybridized carbons (Fsp3) is 0.161. The molecule has 0 saturated heterocycles. The topological polar surface area (TPSA) is 25.8 Å². The van der Waals surface area contributed by atoms with Crippen molar-refractivity contribution in [2.24, 2.45) is 5.92 Å². The largest absolute Gasteiger partial charge is 0.263 e. The van der Waals surface area contributed by atoms with Gasteiger partial charge in [0, 0.05) is 24.2 Å². The Morgan fingerprint density at radius 3 is 2.26 bits per heavy atom. The normalized spacial score (nSPS) is 14.6. The third-order valence-electron chi connectivity index (χ3n) is 6.50. The molecule has 2 aromatic carbocycles.